The number of aryl methyl sites for hydroxylation is 1. The van der Waals surface area contributed by atoms with Crippen LogP contribution in [0, 0.1) is 12.8 Å². The highest BCUT2D eigenvalue weighted by Gasteiger charge is 2.25. The van der Waals surface area contributed by atoms with E-state index in [2.05, 4.69) is 53.6 Å². The normalized spacial score (nSPS) is 22.5. The van der Waals surface area contributed by atoms with Gasteiger partial charge in [0.2, 0.25) is 0 Å². The molecular formula is C28H39N5O3. The summed E-state index contributed by atoms with van der Waals surface area (Å²) in [7, 11) is 0. The number of hydrogen-bond acceptors (Lipinski definition) is 6. The first-order valence-electron chi connectivity index (χ1n) is 13.4. The number of aromatic nitrogens is 1. The fourth-order valence-electron chi connectivity index (χ4n) is 5.33. The fourth-order valence-corrected chi connectivity index (χ4v) is 5.33. The van der Waals surface area contributed by atoms with E-state index in [1.807, 2.05) is 11.0 Å². The predicted octanol–water partition coefficient (Wildman–Crippen LogP) is 4.75. The number of carbonyl (C=O) groups is 1. The van der Waals surface area contributed by atoms with Crippen molar-refractivity contribution in [1.82, 2.24) is 9.88 Å². The van der Waals surface area contributed by atoms with Crippen LogP contribution >= 0.6 is 0 Å². The molecule has 5 rings (SSSR count). The van der Waals surface area contributed by atoms with Gasteiger partial charge in [0.25, 0.3) is 0 Å². The van der Waals surface area contributed by atoms with Crippen LogP contribution in [0.4, 0.5) is 22.1 Å². The number of pyridine rings is 1. The Bertz CT molecular complexity index is 1050. The first-order valence-corrected chi connectivity index (χ1v) is 13.4. The summed E-state index contributed by atoms with van der Waals surface area (Å²) in [6.45, 7) is 10.6. The number of carbonyl (C=O) groups excluding carboxylic acids is 1. The Labute approximate surface area is 214 Å². The van der Waals surface area contributed by atoms with E-state index in [1.54, 1.807) is 0 Å². The standard InChI is InChI=1S/C28H39N5O3/c1-3-21-8-9-33(18-21)28(34)30-23-7-6-20(2)25(17-23)22-15-26(29-24-5-4-12-36-19-24)31-27(16-22)32-10-13-35-14-11-32/h6-7,15-17,21,24H,3-5,8-14,18-19H2,1-2H3,(H,29,31)(H,30,34)/t21-,24-/m1/s1. The lowest BCUT2D eigenvalue weighted by molar-refractivity contribution is 0.0875. The van der Waals surface area contributed by atoms with Crippen molar-refractivity contribution in [1.29, 1.82) is 0 Å². The van der Waals surface area contributed by atoms with Gasteiger partial charge >= 0.3 is 6.03 Å². The minimum Gasteiger partial charge on any atom is -0.379 e. The Kier molecular flexibility index (Phi) is 7.92. The molecule has 3 aliphatic rings. The van der Waals surface area contributed by atoms with Crippen molar-refractivity contribution in [2.45, 2.75) is 45.6 Å². The number of rotatable bonds is 6. The lowest BCUT2D eigenvalue weighted by Gasteiger charge is -2.29. The summed E-state index contributed by atoms with van der Waals surface area (Å²) in [5.74, 6) is 2.42. The second kappa shape index (κ2) is 11.5. The number of hydrogen-bond donors (Lipinski definition) is 2. The number of nitrogens with zero attached hydrogens (tertiary/aromatic N) is 3. The average Bonchev–Trinajstić information content (AvgIpc) is 3.40. The zero-order valence-corrected chi connectivity index (χ0v) is 21.6. The minimum absolute atomic E-state index is 0.0101. The number of likely N-dealkylation sites (tertiary alicyclic amines) is 1. The lowest BCUT2D eigenvalue weighted by Crippen LogP contribution is -2.37. The highest BCUT2D eigenvalue weighted by molar-refractivity contribution is 5.91. The molecule has 1 aromatic carbocycles. The predicted molar refractivity (Wildman–Crippen MR) is 144 cm³/mol. The van der Waals surface area contributed by atoms with Gasteiger partial charge in [0.15, 0.2) is 0 Å². The molecule has 3 fully saturated rings. The van der Waals surface area contributed by atoms with Crippen molar-refractivity contribution in [3.8, 4) is 11.1 Å². The molecule has 0 unspecified atom stereocenters. The van der Waals surface area contributed by atoms with Crippen molar-refractivity contribution in [3.05, 3.63) is 35.9 Å². The summed E-state index contributed by atoms with van der Waals surface area (Å²) in [6.07, 6.45) is 4.35. The molecule has 1 aromatic heterocycles. The van der Waals surface area contributed by atoms with Gasteiger partial charge in [-0.1, -0.05) is 19.4 Å². The third kappa shape index (κ3) is 5.93. The molecule has 0 spiro atoms. The van der Waals surface area contributed by atoms with Gasteiger partial charge in [0, 0.05) is 38.5 Å². The van der Waals surface area contributed by atoms with E-state index in [0.29, 0.717) is 25.7 Å². The molecule has 0 radical (unpaired) electrons. The van der Waals surface area contributed by atoms with Crippen LogP contribution in [0.15, 0.2) is 30.3 Å². The largest absolute Gasteiger partial charge is 0.379 e. The molecule has 2 N–H and O–H groups in total. The first kappa shape index (κ1) is 24.8. The maximum atomic E-state index is 12.9. The van der Waals surface area contributed by atoms with Gasteiger partial charge in [-0.2, -0.15) is 0 Å². The highest BCUT2D eigenvalue weighted by atomic mass is 16.5. The van der Waals surface area contributed by atoms with Crippen LogP contribution in [-0.2, 0) is 9.47 Å². The summed E-state index contributed by atoms with van der Waals surface area (Å²) in [6, 6.07) is 10.7. The third-order valence-corrected chi connectivity index (χ3v) is 7.61. The van der Waals surface area contributed by atoms with Gasteiger partial charge < -0.3 is 29.9 Å². The van der Waals surface area contributed by atoms with E-state index in [-0.39, 0.29) is 12.1 Å². The second-order valence-corrected chi connectivity index (χ2v) is 10.2. The van der Waals surface area contributed by atoms with E-state index in [4.69, 9.17) is 14.5 Å². The molecule has 8 nitrogen and oxygen atoms in total. The van der Waals surface area contributed by atoms with Crippen molar-refractivity contribution < 1.29 is 14.3 Å². The molecule has 2 aromatic rings. The van der Waals surface area contributed by atoms with Gasteiger partial charge in [-0.25, -0.2) is 9.78 Å². The summed E-state index contributed by atoms with van der Waals surface area (Å²) >= 11 is 0. The van der Waals surface area contributed by atoms with Gasteiger partial charge in [0.1, 0.15) is 11.6 Å². The third-order valence-electron chi connectivity index (χ3n) is 7.61. The number of ether oxygens (including phenoxy) is 2. The zero-order valence-electron chi connectivity index (χ0n) is 21.6. The molecule has 3 saturated heterocycles. The molecule has 36 heavy (non-hydrogen) atoms. The van der Waals surface area contributed by atoms with Crippen LogP contribution in [0.2, 0.25) is 0 Å². The molecule has 4 heterocycles. The molecule has 2 amide bonds. The lowest BCUT2D eigenvalue weighted by atomic mass is 10.00. The van der Waals surface area contributed by atoms with Crippen LogP contribution in [-0.4, -0.2) is 74.6 Å². The van der Waals surface area contributed by atoms with E-state index in [9.17, 15) is 4.79 Å². The Balaban J connectivity index is 1.41. The SMILES string of the molecule is CC[C@@H]1CCN(C(=O)Nc2ccc(C)c(-c3cc(N[C@@H]4CCCOC4)nc(N4CCOCC4)c3)c2)C1. The molecule has 2 atom stereocenters. The maximum absolute atomic E-state index is 12.9. The summed E-state index contributed by atoms with van der Waals surface area (Å²) in [5, 5.41) is 6.75. The van der Waals surface area contributed by atoms with Crippen molar-refractivity contribution >= 4 is 23.4 Å². The van der Waals surface area contributed by atoms with E-state index in [0.717, 1.165) is 92.5 Å². The number of nitrogens with one attached hydrogen (secondary N) is 2. The summed E-state index contributed by atoms with van der Waals surface area (Å²) in [5.41, 5.74) is 4.17. The minimum atomic E-state index is -0.0101. The molecular weight excluding hydrogens is 454 g/mol. The molecule has 3 aliphatic heterocycles. The number of amides is 2. The molecule has 0 aliphatic carbocycles. The van der Waals surface area contributed by atoms with Crippen molar-refractivity contribution in [3.63, 3.8) is 0 Å². The first-order chi connectivity index (χ1) is 17.6. The van der Waals surface area contributed by atoms with Crippen LogP contribution in [0.25, 0.3) is 11.1 Å². The maximum Gasteiger partial charge on any atom is 0.321 e. The highest BCUT2D eigenvalue weighted by Crippen LogP contribution is 2.32. The Morgan fingerprint density at radius 2 is 1.94 bits per heavy atom. The topological polar surface area (TPSA) is 79.0 Å². The number of anilines is 3. The molecule has 0 saturated carbocycles. The number of morpholine rings is 1. The van der Waals surface area contributed by atoms with Crippen LogP contribution in [0.3, 0.4) is 0 Å². The van der Waals surface area contributed by atoms with E-state index in [1.165, 1.54) is 0 Å². The van der Waals surface area contributed by atoms with Crippen LogP contribution in [0.1, 0.15) is 38.2 Å². The number of benzene rings is 1. The van der Waals surface area contributed by atoms with E-state index >= 15 is 0 Å². The molecule has 0 bridgehead atoms. The van der Waals surface area contributed by atoms with Crippen molar-refractivity contribution in [2.24, 2.45) is 5.92 Å². The summed E-state index contributed by atoms with van der Waals surface area (Å²) in [4.78, 5) is 22.1. The Morgan fingerprint density at radius 3 is 2.69 bits per heavy atom. The second-order valence-electron chi connectivity index (χ2n) is 10.2. The quantitative estimate of drug-likeness (QED) is 0.605. The number of urea groups is 1. The molecule has 8 heteroatoms. The zero-order chi connectivity index (χ0) is 24.9. The smallest absolute Gasteiger partial charge is 0.321 e. The monoisotopic (exact) mass is 493 g/mol. The average molecular weight is 494 g/mol. The van der Waals surface area contributed by atoms with Gasteiger partial charge in [-0.15, -0.1) is 0 Å². The molecule has 194 valence electrons. The van der Waals surface area contributed by atoms with Crippen LogP contribution in [0.5, 0.6) is 0 Å². The van der Waals surface area contributed by atoms with Gasteiger partial charge in [-0.05, 0) is 73.1 Å². The fraction of sp³-hybridized carbons (Fsp3) is 0.571. The Morgan fingerprint density at radius 1 is 1.08 bits per heavy atom. The van der Waals surface area contributed by atoms with Crippen molar-refractivity contribution in [2.75, 3.05) is 68.1 Å². The summed E-state index contributed by atoms with van der Waals surface area (Å²) < 4.78 is 11.3. The Hall–Kier alpha value is -2.84. The van der Waals surface area contributed by atoms with Gasteiger partial charge in [0.05, 0.1) is 25.9 Å². The van der Waals surface area contributed by atoms with Crippen LogP contribution < -0.4 is 15.5 Å². The van der Waals surface area contributed by atoms with Gasteiger partial charge in [-0.3, -0.25) is 0 Å². The van der Waals surface area contributed by atoms with E-state index < -0.39 is 0 Å².